The number of nitrogens with zero attached hydrogens (tertiary/aromatic N) is 3. The van der Waals surface area contributed by atoms with Gasteiger partial charge in [-0.25, -0.2) is 9.59 Å². The summed E-state index contributed by atoms with van der Waals surface area (Å²) in [5, 5.41) is 9.54. The van der Waals surface area contributed by atoms with Crippen LogP contribution >= 0.6 is 11.6 Å². The van der Waals surface area contributed by atoms with Gasteiger partial charge in [0.2, 0.25) is 0 Å². The number of halogens is 1. The lowest BCUT2D eigenvalue weighted by molar-refractivity contribution is 0.154. The zero-order valence-corrected chi connectivity index (χ0v) is 11.7. The number of likely N-dealkylation sites (tertiary alicyclic amines) is 1. The number of amides is 1. The van der Waals surface area contributed by atoms with E-state index < -0.39 is 6.09 Å². The van der Waals surface area contributed by atoms with Crippen LogP contribution in [0.5, 0.6) is 0 Å². The van der Waals surface area contributed by atoms with E-state index in [9.17, 15) is 9.59 Å². The molecule has 1 aliphatic rings. The Morgan fingerprint density at radius 2 is 2.20 bits per heavy atom. The van der Waals surface area contributed by atoms with Crippen LogP contribution in [0.2, 0.25) is 5.02 Å². The summed E-state index contributed by atoms with van der Waals surface area (Å²) in [4.78, 5) is 24.7. The first-order valence-corrected chi connectivity index (χ1v) is 6.72. The van der Waals surface area contributed by atoms with Crippen molar-refractivity contribution < 1.29 is 9.90 Å². The molecule has 1 saturated heterocycles. The smallest absolute Gasteiger partial charge is 0.407 e. The summed E-state index contributed by atoms with van der Waals surface area (Å²) in [6.45, 7) is 0.757. The quantitative estimate of drug-likeness (QED) is 0.874. The number of aryl methyl sites for hydroxylation is 1. The summed E-state index contributed by atoms with van der Waals surface area (Å²) in [7, 11) is 1.70. The van der Waals surface area contributed by atoms with Crippen LogP contribution in [0.15, 0.2) is 23.0 Å². The largest absolute Gasteiger partial charge is 0.465 e. The second kappa shape index (κ2) is 4.56. The molecule has 7 heteroatoms. The first-order valence-electron chi connectivity index (χ1n) is 6.34. The highest BCUT2D eigenvalue weighted by Crippen LogP contribution is 2.28. The molecule has 0 spiro atoms. The molecule has 1 aromatic carbocycles. The van der Waals surface area contributed by atoms with Crippen LogP contribution in [0.4, 0.5) is 4.79 Å². The van der Waals surface area contributed by atoms with Gasteiger partial charge in [0.15, 0.2) is 0 Å². The molecule has 1 aromatic heterocycles. The summed E-state index contributed by atoms with van der Waals surface area (Å²) >= 11 is 6.22. The lowest BCUT2D eigenvalue weighted by Crippen LogP contribution is -2.30. The highest BCUT2D eigenvalue weighted by atomic mass is 35.5. The van der Waals surface area contributed by atoms with Crippen molar-refractivity contribution in [2.24, 2.45) is 7.05 Å². The third kappa shape index (κ3) is 1.79. The number of carboxylic acid groups (broad SMARTS) is 1. The van der Waals surface area contributed by atoms with Crippen molar-refractivity contribution in [3.63, 3.8) is 0 Å². The fourth-order valence-corrected chi connectivity index (χ4v) is 3.10. The highest BCUT2D eigenvalue weighted by Gasteiger charge is 2.30. The monoisotopic (exact) mass is 295 g/mol. The van der Waals surface area contributed by atoms with Crippen LogP contribution < -0.4 is 5.69 Å². The molecule has 0 radical (unpaired) electrons. The van der Waals surface area contributed by atoms with Gasteiger partial charge in [0.05, 0.1) is 22.1 Å². The molecule has 0 bridgehead atoms. The SMILES string of the molecule is Cn1c(=O)n(C2CCN(C(=O)O)C2)c2c(Cl)cccc21. The van der Waals surface area contributed by atoms with Gasteiger partial charge in [-0.05, 0) is 18.6 Å². The van der Waals surface area contributed by atoms with Crippen molar-refractivity contribution in [2.75, 3.05) is 13.1 Å². The first kappa shape index (κ1) is 13.1. The second-order valence-corrected chi connectivity index (χ2v) is 5.40. The average molecular weight is 296 g/mol. The minimum absolute atomic E-state index is 0.162. The normalized spacial score (nSPS) is 18.9. The molecule has 2 heterocycles. The fraction of sp³-hybridized carbons (Fsp3) is 0.385. The molecule has 1 N–H and O–H groups in total. The minimum atomic E-state index is -0.952. The second-order valence-electron chi connectivity index (χ2n) is 4.99. The molecule has 3 rings (SSSR count). The van der Waals surface area contributed by atoms with E-state index in [1.807, 2.05) is 6.07 Å². The Balaban J connectivity index is 2.15. The van der Waals surface area contributed by atoms with Crippen LogP contribution in [0, 0.1) is 0 Å². The van der Waals surface area contributed by atoms with Gasteiger partial charge in [-0.15, -0.1) is 0 Å². The van der Waals surface area contributed by atoms with Crippen LogP contribution in [0.25, 0.3) is 11.0 Å². The van der Waals surface area contributed by atoms with Crippen LogP contribution in [0.1, 0.15) is 12.5 Å². The molecule has 2 aromatic rings. The predicted molar refractivity (Wildman–Crippen MR) is 75.4 cm³/mol. The third-order valence-electron chi connectivity index (χ3n) is 3.86. The molecule has 1 aliphatic heterocycles. The van der Waals surface area contributed by atoms with Crippen molar-refractivity contribution in [1.82, 2.24) is 14.0 Å². The summed E-state index contributed by atoms with van der Waals surface area (Å²) in [6, 6.07) is 5.21. The molecule has 6 nitrogen and oxygen atoms in total. The van der Waals surface area contributed by atoms with E-state index in [1.54, 1.807) is 28.3 Å². The van der Waals surface area contributed by atoms with Crippen molar-refractivity contribution in [2.45, 2.75) is 12.5 Å². The van der Waals surface area contributed by atoms with Crippen molar-refractivity contribution in [3.8, 4) is 0 Å². The number of carbonyl (C=O) groups is 1. The van der Waals surface area contributed by atoms with E-state index in [1.165, 1.54) is 4.90 Å². The van der Waals surface area contributed by atoms with Gasteiger partial charge < -0.3 is 10.0 Å². The highest BCUT2D eigenvalue weighted by molar-refractivity contribution is 6.35. The average Bonchev–Trinajstić information content (AvgIpc) is 2.97. The Morgan fingerprint density at radius 1 is 1.45 bits per heavy atom. The van der Waals surface area contributed by atoms with E-state index in [2.05, 4.69) is 0 Å². The fourth-order valence-electron chi connectivity index (χ4n) is 2.84. The van der Waals surface area contributed by atoms with E-state index in [0.29, 0.717) is 30.0 Å². The zero-order chi connectivity index (χ0) is 14.4. The standard InChI is InChI=1S/C13H14ClN3O3/c1-15-10-4-2-3-9(14)11(10)17(12(15)18)8-5-6-16(7-8)13(19)20/h2-4,8H,5-7H2,1H3,(H,19,20). The summed E-state index contributed by atoms with van der Waals surface area (Å²) in [6.07, 6.45) is -0.330. The number of imidazole rings is 1. The van der Waals surface area contributed by atoms with Gasteiger partial charge in [-0.2, -0.15) is 0 Å². The Labute approximate surface area is 119 Å². The van der Waals surface area contributed by atoms with E-state index >= 15 is 0 Å². The van der Waals surface area contributed by atoms with Crippen molar-refractivity contribution in [1.29, 1.82) is 0 Å². The number of rotatable bonds is 1. The molecule has 1 unspecified atom stereocenters. The van der Waals surface area contributed by atoms with Gasteiger partial charge in [-0.3, -0.25) is 9.13 Å². The zero-order valence-electron chi connectivity index (χ0n) is 10.9. The van der Waals surface area contributed by atoms with Gasteiger partial charge in [0, 0.05) is 20.1 Å². The molecule has 0 saturated carbocycles. The van der Waals surface area contributed by atoms with Crippen molar-refractivity contribution >= 4 is 28.7 Å². The molecule has 1 amide bonds. The van der Waals surface area contributed by atoms with Crippen LogP contribution in [0.3, 0.4) is 0 Å². The Bertz CT molecular complexity index is 749. The summed E-state index contributed by atoms with van der Waals surface area (Å²) < 4.78 is 3.17. The number of hydrogen-bond acceptors (Lipinski definition) is 2. The lowest BCUT2D eigenvalue weighted by Gasteiger charge is -2.14. The lowest BCUT2D eigenvalue weighted by atomic mass is 10.2. The van der Waals surface area contributed by atoms with Gasteiger partial charge in [0.1, 0.15) is 0 Å². The Kier molecular flexibility index (Phi) is 2.97. The van der Waals surface area contributed by atoms with Gasteiger partial charge >= 0.3 is 11.8 Å². The third-order valence-corrected chi connectivity index (χ3v) is 4.16. The number of hydrogen-bond donors (Lipinski definition) is 1. The van der Waals surface area contributed by atoms with Gasteiger partial charge in [0.25, 0.3) is 0 Å². The van der Waals surface area contributed by atoms with Crippen LogP contribution in [-0.2, 0) is 7.05 Å². The maximum absolute atomic E-state index is 12.4. The number of aromatic nitrogens is 2. The summed E-state index contributed by atoms with van der Waals surface area (Å²) in [5.74, 6) is 0. The molecular formula is C13H14ClN3O3. The van der Waals surface area contributed by atoms with Crippen LogP contribution in [-0.4, -0.2) is 38.3 Å². The number of para-hydroxylation sites is 1. The molecule has 1 fully saturated rings. The van der Waals surface area contributed by atoms with Crippen molar-refractivity contribution in [3.05, 3.63) is 33.7 Å². The molecular weight excluding hydrogens is 282 g/mol. The predicted octanol–water partition coefficient (Wildman–Crippen LogP) is 1.92. The molecule has 1 atom stereocenters. The first-order chi connectivity index (χ1) is 9.50. The number of fused-ring (bicyclic) bond motifs is 1. The maximum Gasteiger partial charge on any atom is 0.407 e. The Hall–Kier alpha value is -1.95. The van der Waals surface area contributed by atoms with Gasteiger partial charge in [-0.1, -0.05) is 17.7 Å². The Morgan fingerprint density at radius 3 is 2.85 bits per heavy atom. The van der Waals surface area contributed by atoms with E-state index in [4.69, 9.17) is 16.7 Å². The summed E-state index contributed by atoms with van der Waals surface area (Å²) in [5.41, 5.74) is 1.28. The molecule has 20 heavy (non-hydrogen) atoms. The maximum atomic E-state index is 12.4. The minimum Gasteiger partial charge on any atom is -0.465 e. The molecule has 106 valence electrons. The number of benzene rings is 1. The van der Waals surface area contributed by atoms with E-state index in [-0.39, 0.29) is 11.7 Å². The topological polar surface area (TPSA) is 67.5 Å². The molecule has 0 aliphatic carbocycles. The van der Waals surface area contributed by atoms with E-state index in [0.717, 1.165) is 5.52 Å².